The Balaban J connectivity index is 1.68. The number of carbonyl (C=O) groups excluding carboxylic acids is 2. The standard InChI is InChI=1S/C18H19N3O3S2/c1-11-9-20(10-12(2)24-11)18(25)26-15-7-16(22)21(17(15)23)14-5-3-13(8-19)4-6-14/h3-6,11-12,15H,7,9-10H2,1-2H3. The summed E-state index contributed by atoms with van der Waals surface area (Å²) in [5.74, 6) is -0.509. The molecule has 0 bridgehead atoms. The minimum absolute atomic E-state index is 0.0772. The van der Waals surface area contributed by atoms with Crippen molar-refractivity contribution in [3.05, 3.63) is 29.8 Å². The highest BCUT2D eigenvalue weighted by molar-refractivity contribution is 8.23. The first-order valence-electron chi connectivity index (χ1n) is 8.37. The largest absolute Gasteiger partial charge is 0.372 e. The van der Waals surface area contributed by atoms with Crippen LogP contribution in [0, 0.1) is 11.3 Å². The Labute approximate surface area is 162 Å². The normalized spacial score (nSPS) is 26.1. The van der Waals surface area contributed by atoms with Gasteiger partial charge in [0.15, 0.2) is 0 Å². The molecule has 0 spiro atoms. The molecule has 0 aromatic heterocycles. The predicted molar refractivity (Wildman–Crippen MR) is 104 cm³/mol. The molecule has 2 amide bonds. The van der Waals surface area contributed by atoms with Crippen LogP contribution < -0.4 is 4.90 Å². The molecular weight excluding hydrogens is 370 g/mol. The predicted octanol–water partition coefficient (Wildman–Crippen LogP) is 2.32. The van der Waals surface area contributed by atoms with Crippen molar-refractivity contribution in [2.75, 3.05) is 18.0 Å². The summed E-state index contributed by atoms with van der Waals surface area (Å²) in [4.78, 5) is 28.3. The molecule has 0 radical (unpaired) electrons. The lowest BCUT2D eigenvalue weighted by Crippen LogP contribution is -2.47. The van der Waals surface area contributed by atoms with E-state index in [9.17, 15) is 9.59 Å². The number of anilines is 1. The van der Waals surface area contributed by atoms with E-state index >= 15 is 0 Å². The average Bonchev–Trinajstić information content (AvgIpc) is 2.88. The van der Waals surface area contributed by atoms with E-state index in [1.54, 1.807) is 24.3 Å². The van der Waals surface area contributed by atoms with Gasteiger partial charge in [0, 0.05) is 19.5 Å². The van der Waals surface area contributed by atoms with Crippen LogP contribution >= 0.6 is 24.0 Å². The number of nitrogens with zero attached hydrogens (tertiary/aromatic N) is 3. The quantitative estimate of drug-likeness (QED) is 0.568. The summed E-state index contributed by atoms with van der Waals surface area (Å²) in [5, 5.41) is 8.36. The van der Waals surface area contributed by atoms with Crippen LogP contribution in [0.2, 0.25) is 0 Å². The van der Waals surface area contributed by atoms with Crippen molar-refractivity contribution in [3.8, 4) is 6.07 Å². The van der Waals surface area contributed by atoms with Gasteiger partial charge in [-0.05, 0) is 38.1 Å². The van der Waals surface area contributed by atoms with Crippen LogP contribution in [0.4, 0.5) is 5.69 Å². The molecule has 1 aromatic carbocycles. The maximum atomic E-state index is 12.7. The average molecular weight is 390 g/mol. The fourth-order valence-electron chi connectivity index (χ4n) is 3.18. The molecule has 0 N–H and O–H groups in total. The van der Waals surface area contributed by atoms with Gasteiger partial charge >= 0.3 is 0 Å². The number of amides is 2. The Morgan fingerprint density at radius 1 is 1.23 bits per heavy atom. The minimum Gasteiger partial charge on any atom is -0.372 e. The van der Waals surface area contributed by atoms with Crippen molar-refractivity contribution in [3.63, 3.8) is 0 Å². The summed E-state index contributed by atoms with van der Waals surface area (Å²) in [6.45, 7) is 5.36. The van der Waals surface area contributed by atoms with Gasteiger partial charge in [-0.1, -0.05) is 24.0 Å². The van der Waals surface area contributed by atoms with Crippen molar-refractivity contribution < 1.29 is 14.3 Å². The van der Waals surface area contributed by atoms with Gasteiger partial charge in [0.25, 0.3) is 0 Å². The zero-order valence-corrected chi connectivity index (χ0v) is 16.2. The molecular formula is C18H19N3O3S2. The molecule has 2 aliphatic rings. The molecule has 2 aliphatic heterocycles. The van der Waals surface area contributed by atoms with Gasteiger partial charge in [-0.15, -0.1) is 0 Å². The van der Waals surface area contributed by atoms with Gasteiger partial charge in [-0.3, -0.25) is 9.59 Å². The molecule has 3 rings (SSSR count). The molecule has 0 saturated carbocycles. The van der Waals surface area contributed by atoms with Gasteiger partial charge in [0.05, 0.1) is 29.5 Å². The first-order chi connectivity index (χ1) is 12.4. The maximum Gasteiger partial charge on any atom is 0.247 e. The van der Waals surface area contributed by atoms with Gasteiger partial charge in [-0.2, -0.15) is 5.26 Å². The molecule has 0 aliphatic carbocycles. The third-order valence-electron chi connectivity index (χ3n) is 4.28. The van der Waals surface area contributed by atoms with Crippen molar-refractivity contribution >= 4 is 45.8 Å². The number of carbonyl (C=O) groups is 2. The molecule has 26 heavy (non-hydrogen) atoms. The topological polar surface area (TPSA) is 73.6 Å². The highest BCUT2D eigenvalue weighted by Gasteiger charge is 2.41. The lowest BCUT2D eigenvalue weighted by atomic mass is 10.2. The molecule has 3 atom stereocenters. The van der Waals surface area contributed by atoms with Crippen LogP contribution in [0.5, 0.6) is 0 Å². The summed E-state index contributed by atoms with van der Waals surface area (Å²) in [7, 11) is 0. The van der Waals surface area contributed by atoms with Crippen LogP contribution in [-0.4, -0.2) is 51.6 Å². The van der Waals surface area contributed by atoms with E-state index in [1.165, 1.54) is 16.7 Å². The zero-order valence-electron chi connectivity index (χ0n) is 14.5. The maximum absolute atomic E-state index is 12.7. The Bertz CT molecular complexity index is 765. The summed E-state index contributed by atoms with van der Waals surface area (Å²) in [5.41, 5.74) is 0.970. The second-order valence-corrected chi connectivity index (χ2v) is 8.30. The smallest absolute Gasteiger partial charge is 0.247 e. The molecule has 1 aromatic rings. The Kier molecular flexibility index (Phi) is 5.61. The molecule has 2 fully saturated rings. The van der Waals surface area contributed by atoms with Crippen LogP contribution in [0.25, 0.3) is 0 Å². The summed E-state index contributed by atoms with van der Waals surface area (Å²) in [6, 6.07) is 8.44. The number of thioether (sulfide) groups is 1. The van der Waals surface area contributed by atoms with E-state index < -0.39 is 5.25 Å². The molecule has 3 unspecified atom stereocenters. The second-order valence-electron chi connectivity index (χ2n) is 6.46. The van der Waals surface area contributed by atoms with E-state index in [-0.39, 0.29) is 30.4 Å². The van der Waals surface area contributed by atoms with E-state index in [0.29, 0.717) is 28.7 Å². The first-order valence-corrected chi connectivity index (χ1v) is 9.66. The van der Waals surface area contributed by atoms with Gasteiger partial charge < -0.3 is 9.64 Å². The third-order valence-corrected chi connectivity index (χ3v) is 5.94. The van der Waals surface area contributed by atoms with Crippen molar-refractivity contribution in [2.45, 2.75) is 37.7 Å². The zero-order chi connectivity index (χ0) is 18.8. The molecule has 2 heterocycles. The number of rotatable bonds is 2. The Hall–Kier alpha value is -1.95. The van der Waals surface area contributed by atoms with E-state index in [1.807, 2.05) is 24.8 Å². The SMILES string of the molecule is CC1CN(C(=S)SC2CC(=O)N(c3ccc(C#N)cc3)C2=O)CC(C)O1. The second kappa shape index (κ2) is 7.74. The Morgan fingerprint density at radius 2 is 1.85 bits per heavy atom. The number of morpholine rings is 1. The van der Waals surface area contributed by atoms with Gasteiger partial charge in [-0.25, -0.2) is 4.90 Å². The number of ether oxygens (including phenoxy) is 1. The number of hydrogen-bond acceptors (Lipinski definition) is 6. The number of hydrogen-bond donors (Lipinski definition) is 0. The van der Waals surface area contributed by atoms with E-state index in [0.717, 1.165) is 0 Å². The Morgan fingerprint density at radius 3 is 2.42 bits per heavy atom. The number of imide groups is 1. The highest BCUT2D eigenvalue weighted by Crippen LogP contribution is 2.32. The third kappa shape index (κ3) is 3.90. The van der Waals surface area contributed by atoms with Crippen LogP contribution in [0.3, 0.4) is 0 Å². The number of nitriles is 1. The van der Waals surface area contributed by atoms with Crippen LogP contribution in [0.1, 0.15) is 25.8 Å². The summed E-state index contributed by atoms with van der Waals surface area (Å²) in [6.07, 6.45) is 0.278. The van der Waals surface area contributed by atoms with Crippen LogP contribution in [0.15, 0.2) is 24.3 Å². The minimum atomic E-state index is -0.515. The number of thiocarbonyl (C=S) groups is 1. The van der Waals surface area contributed by atoms with E-state index in [2.05, 4.69) is 0 Å². The summed E-state index contributed by atoms with van der Waals surface area (Å²) < 4.78 is 6.33. The lowest BCUT2D eigenvalue weighted by molar-refractivity contribution is -0.121. The van der Waals surface area contributed by atoms with Crippen molar-refractivity contribution in [2.24, 2.45) is 0 Å². The van der Waals surface area contributed by atoms with Crippen molar-refractivity contribution in [1.82, 2.24) is 4.90 Å². The van der Waals surface area contributed by atoms with Gasteiger partial charge in [0.1, 0.15) is 9.57 Å². The van der Waals surface area contributed by atoms with Crippen LogP contribution in [-0.2, 0) is 14.3 Å². The molecule has 2 saturated heterocycles. The fraction of sp³-hybridized carbons (Fsp3) is 0.444. The van der Waals surface area contributed by atoms with Gasteiger partial charge in [0.2, 0.25) is 11.8 Å². The molecule has 136 valence electrons. The fourth-order valence-corrected chi connectivity index (χ4v) is 4.65. The number of benzene rings is 1. The highest BCUT2D eigenvalue weighted by atomic mass is 32.2. The van der Waals surface area contributed by atoms with Crippen molar-refractivity contribution in [1.29, 1.82) is 5.26 Å². The monoisotopic (exact) mass is 389 g/mol. The first kappa shape index (κ1) is 18.8. The van der Waals surface area contributed by atoms with E-state index in [4.69, 9.17) is 22.2 Å². The lowest BCUT2D eigenvalue weighted by Gasteiger charge is -2.36. The summed E-state index contributed by atoms with van der Waals surface area (Å²) >= 11 is 6.78. The molecule has 6 nitrogen and oxygen atoms in total. The molecule has 8 heteroatoms.